The van der Waals surface area contributed by atoms with Crippen molar-refractivity contribution in [2.24, 2.45) is 17.8 Å². The first-order valence-electron chi connectivity index (χ1n) is 4.96. The molecular formula is C10H16O2. The Morgan fingerprint density at radius 1 is 1.42 bits per heavy atom. The molecule has 2 rings (SSSR count). The quantitative estimate of drug-likeness (QED) is 0.673. The van der Waals surface area contributed by atoms with Gasteiger partial charge in [-0.2, -0.15) is 0 Å². The Morgan fingerprint density at radius 2 is 2.17 bits per heavy atom. The highest BCUT2D eigenvalue weighted by Gasteiger charge is 2.50. The first kappa shape index (κ1) is 8.24. The third-order valence-corrected chi connectivity index (χ3v) is 3.06. The summed E-state index contributed by atoms with van der Waals surface area (Å²) in [6.07, 6.45) is 5.12. The van der Waals surface area contributed by atoms with Crippen LogP contribution in [-0.4, -0.2) is 17.5 Å². The van der Waals surface area contributed by atoms with Crippen LogP contribution >= 0.6 is 0 Å². The van der Waals surface area contributed by atoms with Crippen molar-refractivity contribution in [3.05, 3.63) is 0 Å². The minimum Gasteiger partial charge on any atom is -0.396 e. The molecule has 68 valence electrons. The van der Waals surface area contributed by atoms with Gasteiger partial charge in [-0.15, -0.1) is 0 Å². The number of aliphatic hydroxyl groups is 1. The molecule has 0 aromatic carbocycles. The van der Waals surface area contributed by atoms with E-state index < -0.39 is 0 Å². The SMILES string of the molecule is O=C(CCCO)C1CC1C1CC1. The number of ketones is 1. The van der Waals surface area contributed by atoms with E-state index >= 15 is 0 Å². The lowest BCUT2D eigenvalue weighted by atomic mass is 10.1. The molecule has 0 radical (unpaired) electrons. The van der Waals surface area contributed by atoms with Crippen LogP contribution in [0.25, 0.3) is 0 Å². The molecule has 2 aliphatic carbocycles. The lowest BCUT2D eigenvalue weighted by molar-refractivity contribution is -0.120. The average molecular weight is 168 g/mol. The van der Waals surface area contributed by atoms with E-state index in [2.05, 4.69) is 0 Å². The van der Waals surface area contributed by atoms with Gasteiger partial charge in [0.15, 0.2) is 0 Å². The van der Waals surface area contributed by atoms with E-state index in [1.54, 1.807) is 0 Å². The molecule has 1 N–H and O–H groups in total. The van der Waals surface area contributed by atoms with Crippen LogP contribution in [0.3, 0.4) is 0 Å². The molecule has 2 aliphatic rings. The summed E-state index contributed by atoms with van der Waals surface area (Å²) >= 11 is 0. The number of Topliss-reactive ketones (excluding diaryl/α,β-unsaturated/α-hetero) is 1. The molecule has 0 amide bonds. The zero-order valence-corrected chi connectivity index (χ0v) is 7.33. The lowest BCUT2D eigenvalue weighted by Crippen LogP contribution is -2.04. The smallest absolute Gasteiger partial charge is 0.136 e. The monoisotopic (exact) mass is 168 g/mol. The van der Waals surface area contributed by atoms with Crippen molar-refractivity contribution in [3.8, 4) is 0 Å². The van der Waals surface area contributed by atoms with Crippen molar-refractivity contribution >= 4 is 5.78 Å². The number of rotatable bonds is 5. The van der Waals surface area contributed by atoms with Gasteiger partial charge in [0.2, 0.25) is 0 Å². The predicted molar refractivity (Wildman–Crippen MR) is 45.6 cm³/mol. The van der Waals surface area contributed by atoms with Crippen molar-refractivity contribution in [1.82, 2.24) is 0 Å². The van der Waals surface area contributed by atoms with Crippen molar-refractivity contribution < 1.29 is 9.90 Å². The van der Waals surface area contributed by atoms with E-state index in [-0.39, 0.29) is 6.61 Å². The minimum absolute atomic E-state index is 0.159. The molecule has 0 heterocycles. The summed E-state index contributed by atoms with van der Waals surface area (Å²) in [6.45, 7) is 0.159. The van der Waals surface area contributed by atoms with Crippen LogP contribution in [0.1, 0.15) is 32.1 Å². The topological polar surface area (TPSA) is 37.3 Å². The molecule has 0 aromatic heterocycles. The summed E-state index contributed by atoms with van der Waals surface area (Å²) in [5.74, 6) is 2.44. The highest BCUT2D eigenvalue weighted by atomic mass is 16.3. The van der Waals surface area contributed by atoms with E-state index in [0.717, 1.165) is 18.3 Å². The minimum atomic E-state index is 0.159. The van der Waals surface area contributed by atoms with Gasteiger partial charge >= 0.3 is 0 Å². The normalized spacial score (nSPS) is 33.4. The van der Waals surface area contributed by atoms with Gasteiger partial charge in [-0.25, -0.2) is 0 Å². The number of aliphatic hydroxyl groups excluding tert-OH is 1. The van der Waals surface area contributed by atoms with Crippen LogP contribution < -0.4 is 0 Å². The van der Waals surface area contributed by atoms with E-state index in [4.69, 9.17) is 5.11 Å². The Balaban J connectivity index is 1.68. The summed E-state index contributed by atoms with van der Waals surface area (Å²) in [6, 6.07) is 0. The van der Waals surface area contributed by atoms with E-state index in [0.29, 0.717) is 24.5 Å². The van der Waals surface area contributed by atoms with Crippen molar-refractivity contribution in [2.75, 3.05) is 6.61 Å². The fraction of sp³-hybridized carbons (Fsp3) is 0.900. The summed E-state index contributed by atoms with van der Waals surface area (Å²) in [5, 5.41) is 8.55. The largest absolute Gasteiger partial charge is 0.396 e. The van der Waals surface area contributed by atoms with Gasteiger partial charge in [0.25, 0.3) is 0 Å². The van der Waals surface area contributed by atoms with Gasteiger partial charge < -0.3 is 5.11 Å². The molecule has 2 nitrogen and oxygen atoms in total. The first-order chi connectivity index (χ1) is 5.83. The molecule has 2 saturated carbocycles. The van der Waals surface area contributed by atoms with Crippen LogP contribution in [0, 0.1) is 17.8 Å². The number of hydrogen-bond donors (Lipinski definition) is 1. The fourth-order valence-corrected chi connectivity index (χ4v) is 2.07. The van der Waals surface area contributed by atoms with E-state index in [9.17, 15) is 4.79 Å². The summed E-state index contributed by atoms with van der Waals surface area (Å²) in [5.41, 5.74) is 0. The Labute approximate surface area is 73.0 Å². The Morgan fingerprint density at radius 3 is 2.75 bits per heavy atom. The Kier molecular flexibility index (Phi) is 2.18. The second-order valence-electron chi connectivity index (χ2n) is 4.14. The molecule has 2 heteroatoms. The van der Waals surface area contributed by atoms with Crippen LogP contribution in [0.4, 0.5) is 0 Å². The van der Waals surface area contributed by atoms with Crippen molar-refractivity contribution in [1.29, 1.82) is 0 Å². The van der Waals surface area contributed by atoms with Crippen LogP contribution in [0.2, 0.25) is 0 Å². The van der Waals surface area contributed by atoms with Gasteiger partial charge in [-0.3, -0.25) is 4.79 Å². The molecule has 2 atom stereocenters. The molecule has 0 spiro atoms. The van der Waals surface area contributed by atoms with Crippen LogP contribution in [0.5, 0.6) is 0 Å². The lowest BCUT2D eigenvalue weighted by Gasteiger charge is -1.96. The molecule has 0 aromatic rings. The van der Waals surface area contributed by atoms with E-state index in [1.807, 2.05) is 0 Å². The fourth-order valence-electron chi connectivity index (χ4n) is 2.07. The van der Waals surface area contributed by atoms with Gasteiger partial charge in [0.05, 0.1) is 0 Å². The second-order valence-corrected chi connectivity index (χ2v) is 4.14. The Bertz CT molecular complexity index is 184. The maximum Gasteiger partial charge on any atom is 0.136 e. The van der Waals surface area contributed by atoms with Crippen molar-refractivity contribution in [2.45, 2.75) is 32.1 Å². The molecule has 0 saturated heterocycles. The molecule has 2 fully saturated rings. The molecule has 0 aliphatic heterocycles. The zero-order valence-electron chi connectivity index (χ0n) is 7.33. The molecule has 12 heavy (non-hydrogen) atoms. The highest BCUT2D eigenvalue weighted by Crippen LogP contribution is 2.54. The maximum absolute atomic E-state index is 11.4. The third-order valence-electron chi connectivity index (χ3n) is 3.06. The van der Waals surface area contributed by atoms with Crippen LogP contribution in [-0.2, 0) is 4.79 Å². The Hall–Kier alpha value is -0.370. The average Bonchev–Trinajstić information content (AvgIpc) is 2.86. The molecular weight excluding hydrogens is 152 g/mol. The summed E-state index contributed by atoms with van der Waals surface area (Å²) in [4.78, 5) is 11.4. The van der Waals surface area contributed by atoms with Gasteiger partial charge in [-0.1, -0.05) is 0 Å². The number of carbonyl (C=O) groups excluding carboxylic acids is 1. The molecule has 0 bridgehead atoms. The highest BCUT2D eigenvalue weighted by molar-refractivity contribution is 5.83. The number of hydrogen-bond acceptors (Lipinski definition) is 2. The van der Waals surface area contributed by atoms with E-state index in [1.165, 1.54) is 12.8 Å². The summed E-state index contributed by atoms with van der Waals surface area (Å²) in [7, 11) is 0. The number of carbonyl (C=O) groups is 1. The zero-order chi connectivity index (χ0) is 8.55. The first-order valence-corrected chi connectivity index (χ1v) is 4.96. The standard InChI is InChI=1S/C10H16O2/c11-5-1-2-10(12)9-6-8(9)7-3-4-7/h7-9,11H,1-6H2. The third kappa shape index (κ3) is 1.69. The van der Waals surface area contributed by atoms with Gasteiger partial charge in [0.1, 0.15) is 5.78 Å². The molecule has 2 unspecified atom stereocenters. The maximum atomic E-state index is 11.4. The summed E-state index contributed by atoms with van der Waals surface area (Å²) < 4.78 is 0. The second kappa shape index (κ2) is 3.17. The van der Waals surface area contributed by atoms with Gasteiger partial charge in [-0.05, 0) is 37.5 Å². The van der Waals surface area contributed by atoms with Crippen molar-refractivity contribution in [3.63, 3.8) is 0 Å². The van der Waals surface area contributed by atoms with Gasteiger partial charge in [0, 0.05) is 18.9 Å². The predicted octanol–water partition coefficient (Wildman–Crippen LogP) is 1.37. The van der Waals surface area contributed by atoms with Crippen LogP contribution in [0.15, 0.2) is 0 Å².